The zero-order chi connectivity index (χ0) is 22.9. The van der Waals surface area contributed by atoms with Gasteiger partial charge in [-0.3, -0.25) is 19.3 Å². The Balaban J connectivity index is 1.44. The Morgan fingerprint density at radius 1 is 1.09 bits per heavy atom. The highest BCUT2D eigenvalue weighted by Gasteiger charge is 2.33. The van der Waals surface area contributed by atoms with Crippen LogP contribution >= 0.6 is 0 Å². The maximum atomic E-state index is 13.4. The molecule has 0 unspecified atom stereocenters. The van der Waals surface area contributed by atoms with E-state index in [-0.39, 0.29) is 17.8 Å². The Kier molecular flexibility index (Phi) is 5.93. The fraction of sp³-hybridized carbons (Fsp3) is 0.440. The summed E-state index contributed by atoms with van der Waals surface area (Å²) in [5.74, 6) is 1.26. The molecule has 0 N–H and O–H groups in total. The number of amides is 1. The molecule has 1 fully saturated rings. The third-order valence-electron chi connectivity index (χ3n) is 6.67. The van der Waals surface area contributed by atoms with Gasteiger partial charge in [0.15, 0.2) is 0 Å². The highest BCUT2D eigenvalue weighted by atomic mass is 19.1. The first-order valence-corrected chi connectivity index (χ1v) is 11.7. The Hall–Kier alpha value is -3.13. The summed E-state index contributed by atoms with van der Waals surface area (Å²) in [6.07, 6.45) is 7.20. The summed E-state index contributed by atoms with van der Waals surface area (Å²) in [5.41, 5.74) is 4.05. The van der Waals surface area contributed by atoms with E-state index >= 15 is 0 Å². The number of hydrogen-bond donors (Lipinski definition) is 0. The van der Waals surface area contributed by atoms with Crippen molar-refractivity contribution >= 4 is 11.7 Å². The average molecular weight is 449 g/mol. The SMILES string of the molecule is CCn1cc(CN2CCC[C@H]2c2nc(C)c3c(n2)N(Cc2ccc(F)cc2)C(=O)CC3)cn1. The van der Waals surface area contributed by atoms with Crippen molar-refractivity contribution in [1.82, 2.24) is 24.6 Å². The van der Waals surface area contributed by atoms with Crippen molar-refractivity contribution in [1.29, 1.82) is 0 Å². The summed E-state index contributed by atoms with van der Waals surface area (Å²) in [4.78, 5) is 26.9. The number of hydrogen-bond acceptors (Lipinski definition) is 5. The van der Waals surface area contributed by atoms with Crippen LogP contribution in [0.25, 0.3) is 0 Å². The minimum absolute atomic E-state index is 0.0473. The molecular weight excluding hydrogens is 419 g/mol. The second kappa shape index (κ2) is 9.02. The molecule has 33 heavy (non-hydrogen) atoms. The van der Waals surface area contributed by atoms with Crippen molar-refractivity contribution in [3.63, 3.8) is 0 Å². The highest BCUT2D eigenvalue weighted by Crippen LogP contribution is 2.35. The van der Waals surface area contributed by atoms with Crippen LogP contribution in [0.4, 0.5) is 10.2 Å². The monoisotopic (exact) mass is 448 g/mol. The minimum Gasteiger partial charge on any atom is -0.292 e. The molecule has 0 radical (unpaired) electrons. The Morgan fingerprint density at radius 2 is 1.91 bits per heavy atom. The second-order valence-corrected chi connectivity index (χ2v) is 8.91. The molecule has 5 rings (SSSR count). The first-order chi connectivity index (χ1) is 16.0. The number of carbonyl (C=O) groups excluding carboxylic acids is 1. The van der Waals surface area contributed by atoms with Crippen LogP contribution < -0.4 is 4.90 Å². The van der Waals surface area contributed by atoms with E-state index in [0.29, 0.717) is 25.2 Å². The van der Waals surface area contributed by atoms with Crippen LogP contribution in [0, 0.1) is 12.7 Å². The minimum atomic E-state index is -0.282. The fourth-order valence-electron chi connectivity index (χ4n) is 4.89. The average Bonchev–Trinajstić information content (AvgIpc) is 3.46. The molecule has 0 bridgehead atoms. The van der Waals surface area contributed by atoms with Gasteiger partial charge in [-0.1, -0.05) is 12.1 Å². The molecule has 1 aromatic carbocycles. The fourth-order valence-corrected chi connectivity index (χ4v) is 4.89. The molecule has 1 saturated heterocycles. The van der Waals surface area contributed by atoms with E-state index in [9.17, 15) is 9.18 Å². The number of rotatable bonds is 6. The Morgan fingerprint density at radius 3 is 2.67 bits per heavy atom. The Labute approximate surface area is 193 Å². The van der Waals surface area contributed by atoms with E-state index in [0.717, 1.165) is 55.1 Å². The summed E-state index contributed by atoms with van der Waals surface area (Å²) in [7, 11) is 0. The van der Waals surface area contributed by atoms with Crippen LogP contribution in [0.2, 0.25) is 0 Å². The number of likely N-dealkylation sites (tertiary alicyclic amines) is 1. The summed E-state index contributed by atoms with van der Waals surface area (Å²) in [6.45, 7) is 7.13. The molecule has 2 aromatic heterocycles. The van der Waals surface area contributed by atoms with Gasteiger partial charge in [0.2, 0.25) is 5.91 Å². The number of nitrogens with zero attached hydrogens (tertiary/aromatic N) is 6. The van der Waals surface area contributed by atoms with Crippen LogP contribution in [-0.2, 0) is 30.8 Å². The lowest BCUT2D eigenvalue weighted by atomic mass is 10.0. The van der Waals surface area contributed by atoms with Crippen molar-refractivity contribution in [3.05, 3.63) is 70.7 Å². The molecule has 2 aliphatic rings. The lowest BCUT2D eigenvalue weighted by Crippen LogP contribution is -2.37. The molecule has 172 valence electrons. The van der Waals surface area contributed by atoms with Crippen molar-refractivity contribution in [2.24, 2.45) is 0 Å². The van der Waals surface area contributed by atoms with Gasteiger partial charge < -0.3 is 0 Å². The van der Waals surface area contributed by atoms with E-state index in [4.69, 9.17) is 9.97 Å². The van der Waals surface area contributed by atoms with Crippen LogP contribution in [0.5, 0.6) is 0 Å². The number of carbonyl (C=O) groups is 1. The van der Waals surface area contributed by atoms with Gasteiger partial charge in [-0.05, 0) is 57.4 Å². The van der Waals surface area contributed by atoms with Crippen LogP contribution in [-0.4, -0.2) is 37.1 Å². The van der Waals surface area contributed by atoms with Crippen LogP contribution in [0.15, 0.2) is 36.7 Å². The number of aromatic nitrogens is 4. The van der Waals surface area contributed by atoms with Crippen molar-refractivity contribution in [2.75, 3.05) is 11.4 Å². The zero-order valence-corrected chi connectivity index (χ0v) is 19.2. The van der Waals surface area contributed by atoms with Crippen molar-refractivity contribution in [2.45, 2.75) is 65.2 Å². The molecule has 3 aromatic rings. The maximum Gasteiger partial charge on any atom is 0.228 e. The molecule has 1 amide bonds. The van der Waals surface area contributed by atoms with E-state index in [1.807, 2.05) is 17.8 Å². The van der Waals surface area contributed by atoms with Crippen LogP contribution in [0.3, 0.4) is 0 Å². The van der Waals surface area contributed by atoms with Gasteiger partial charge in [-0.25, -0.2) is 14.4 Å². The second-order valence-electron chi connectivity index (χ2n) is 8.91. The molecule has 7 nitrogen and oxygen atoms in total. The molecular formula is C25H29FN6O. The molecule has 1 atom stereocenters. The smallest absolute Gasteiger partial charge is 0.228 e. The molecule has 0 aliphatic carbocycles. The summed E-state index contributed by atoms with van der Waals surface area (Å²) >= 11 is 0. The summed E-state index contributed by atoms with van der Waals surface area (Å²) in [5, 5.41) is 4.40. The quantitative estimate of drug-likeness (QED) is 0.571. The standard InChI is InChI=1S/C25H29FN6O/c1-3-31-15-19(13-27-31)14-30-12-4-5-22(30)24-28-17(2)21-10-11-23(33)32(25(21)29-24)16-18-6-8-20(26)9-7-18/h6-9,13,15,22H,3-5,10-12,14,16H2,1-2H3/t22-/m0/s1. The number of fused-ring (bicyclic) bond motifs is 1. The van der Waals surface area contributed by atoms with Gasteiger partial charge in [0.05, 0.1) is 18.8 Å². The lowest BCUT2D eigenvalue weighted by Gasteiger charge is -2.31. The first-order valence-electron chi connectivity index (χ1n) is 11.7. The summed E-state index contributed by atoms with van der Waals surface area (Å²) in [6, 6.07) is 6.42. The van der Waals surface area contributed by atoms with Crippen LogP contribution in [0.1, 0.15) is 60.4 Å². The van der Waals surface area contributed by atoms with Gasteiger partial charge in [-0.15, -0.1) is 0 Å². The third kappa shape index (κ3) is 4.39. The van der Waals surface area contributed by atoms with E-state index in [1.54, 1.807) is 17.0 Å². The van der Waals surface area contributed by atoms with Gasteiger partial charge >= 0.3 is 0 Å². The van der Waals surface area contributed by atoms with Gasteiger partial charge in [0.1, 0.15) is 17.5 Å². The number of aryl methyl sites for hydroxylation is 2. The number of halogens is 1. The maximum absolute atomic E-state index is 13.4. The lowest BCUT2D eigenvalue weighted by molar-refractivity contribution is -0.119. The van der Waals surface area contributed by atoms with E-state index in [1.165, 1.54) is 17.7 Å². The third-order valence-corrected chi connectivity index (χ3v) is 6.67. The highest BCUT2D eigenvalue weighted by molar-refractivity contribution is 5.95. The first kappa shape index (κ1) is 21.7. The topological polar surface area (TPSA) is 67.2 Å². The van der Waals surface area contributed by atoms with Gasteiger partial charge in [0.25, 0.3) is 0 Å². The normalized spacial score (nSPS) is 18.7. The van der Waals surface area contributed by atoms with Crippen molar-refractivity contribution < 1.29 is 9.18 Å². The predicted octanol–water partition coefficient (Wildman–Crippen LogP) is 3.96. The number of benzene rings is 1. The van der Waals surface area contributed by atoms with E-state index in [2.05, 4.69) is 23.1 Å². The molecule has 0 spiro atoms. The van der Waals surface area contributed by atoms with Crippen molar-refractivity contribution in [3.8, 4) is 0 Å². The molecule has 4 heterocycles. The Bertz CT molecular complexity index is 1160. The molecule has 2 aliphatic heterocycles. The predicted molar refractivity (Wildman–Crippen MR) is 123 cm³/mol. The largest absolute Gasteiger partial charge is 0.292 e. The summed E-state index contributed by atoms with van der Waals surface area (Å²) < 4.78 is 15.3. The van der Waals surface area contributed by atoms with Gasteiger partial charge in [-0.2, -0.15) is 5.10 Å². The molecule has 8 heteroatoms. The zero-order valence-electron chi connectivity index (χ0n) is 19.2. The number of anilines is 1. The van der Waals surface area contributed by atoms with E-state index < -0.39 is 0 Å². The van der Waals surface area contributed by atoms with Gasteiger partial charge in [0, 0.05) is 42.5 Å². The molecule has 0 saturated carbocycles.